The minimum Gasteiger partial charge on any atom is -0.487 e. The van der Waals surface area contributed by atoms with E-state index in [9.17, 15) is 18.0 Å². The Kier molecular flexibility index (Phi) is 11.5. The van der Waals surface area contributed by atoms with Crippen molar-refractivity contribution in [2.75, 3.05) is 19.6 Å². The Bertz CT molecular complexity index is 1340. The number of fused-ring (bicyclic) bond motifs is 1. The maximum Gasteiger partial charge on any atom is 0.264 e. The molecule has 0 radical (unpaired) electrons. The maximum atomic E-state index is 12.8. The van der Waals surface area contributed by atoms with E-state index < -0.39 is 10.0 Å². The largest absolute Gasteiger partial charge is 0.487 e. The fourth-order valence-electron chi connectivity index (χ4n) is 4.36. The number of hydrogen-bond acceptors (Lipinski definition) is 6. The van der Waals surface area contributed by atoms with Crippen LogP contribution in [0.1, 0.15) is 61.9 Å². The highest BCUT2D eigenvalue weighted by atomic mass is 32.2. The average molecular weight is 574 g/mol. The Labute approximate surface area is 238 Å². The van der Waals surface area contributed by atoms with Crippen LogP contribution >= 0.6 is 0 Å². The number of nitrogens with one attached hydrogen (secondary N) is 3. The second kappa shape index (κ2) is 14.2. The van der Waals surface area contributed by atoms with E-state index in [1.54, 1.807) is 6.92 Å². The molecule has 0 fully saturated rings. The lowest BCUT2D eigenvalue weighted by atomic mass is 9.94. The second-order valence-electron chi connectivity index (χ2n) is 10.4. The van der Waals surface area contributed by atoms with Gasteiger partial charge in [0.25, 0.3) is 10.0 Å². The summed E-state index contributed by atoms with van der Waals surface area (Å²) in [7, 11) is -3.79. The molecule has 220 valence electrons. The highest BCUT2D eigenvalue weighted by molar-refractivity contribution is 7.90. The first kappa shape index (κ1) is 32.6. The van der Waals surface area contributed by atoms with Gasteiger partial charge in [-0.25, -0.2) is 13.1 Å². The molecule has 5 N–H and O–H groups in total. The van der Waals surface area contributed by atoms with E-state index in [0.29, 0.717) is 25.1 Å². The molecule has 1 aliphatic heterocycles. The van der Waals surface area contributed by atoms with Crippen LogP contribution in [-0.2, 0) is 32.5 Å². The van der Waals surface area contributed by atoms with Crippen LogP contribution < -0.4 is 25.8 Å². The Morgan fingerprint density at radius 1 is 1.05 bits per heavy atom. The van der Waals surface area contributed by atoms with Crippen molar-refractivity contribution < 1.29 is 22.7 Å². The van der Waals surface area contributed by atoms with Crippen molar-refractivity contribution >= 4 is 27.8 Å². The molecule has 2 aromatic rings. The Morgan fingerprint density at radius 2 is 1.70 bits per heavy atom. The van der Waals surface area contributed by atoms with E-state index in [-0.39, 0.29) is 34.8 Å². The van der Waals surface area contributed by atoms with Crippen molar-refractivity contribution in [3.63, 3.8) is 0 Å². The molecule has 1 heterocycles. The van der Waals surface area contributed by atoms with Crippen LogP contribution in [0.2, 0.25) is 0 Å². The first-order valence-corrected chi connectivity index (χ1v) is 14.9. The highest BCUT2D eigenvalue weighted by Crippen LogP contribution is 2.43. The van der Waals surface area contributed by atoms with Crippen LogP contribution in [0, 0.1) is 20.8 Å². The zero-order valence-corrected chi connectivity index (χ0v) is 25.4. The third-order valence-electron chi connectivity index (χ3n) is 6.38. The van der Waals surface area contributed by atoms with Gasteiger partial charge in [-0.3, -0.25) is 14.6 Å². The first-order valence-electron chi connectivity index (χ1n) is 13.4. The van der Waals surface area contributed by atoms with Gasteiger partial charge in [-0.2, -0.15) is 0 Å². The molecule has 0 atom stereocenters. The lowest BCUT2D eigenvalue weighted by molar-refractivity contribution is -0.125. The molecule has 0 saturated carbocycles. The van der Waals surface area contributed by atoms with Crippen molar-refractivity contribution in [3.8, 4) is 5.75 Å². The summed E-state index contributed by atoms with van der Waals surface area (Å²) in [6.07, 6.45) is 2.27. The molecular formula is C29H43N5O5S. The number of hydrogen-bond donors (Lipinski definition) is 4. The second-order valence-corrected chi connectivity index (χ2v) is 12.0. The molecule has 0 aliphatic carbocycles. The smallest absolute Gasteiger partial charge is 0.264 e. The van der Waals surface area contributed by atoms with Gasteiger partial charge in [-0.15, -0.1) is 0 Å². The first-order chi connectivity index (χ1) is 18.7. The van der Waals surface area contributed by atoms with Crippen molar-refractivity contribution in [2.24, 2.45) is 10.7 Å². The molecular weight excluding hydrogens is 530 g/mol. The number of guanidine groups is 1. The molecule has 0 aromatic heterocycles. The minimum absolute atomic E-state index is 0.0458. The summed E-state index contributed by atoms with van der Waals surface area (Å²) < 4.78 is 34.1. The normalized spacial score (nSPS) is 13.8. The maximum absolute atomic E-state index is 12.8. The minimum atomic E-state index is -3.79. The van der Waals surface area contributed by atoms with Crippen LogP contribution in [0.5, 0.6) is 5.75 Å². The van der Waals surface area contributed by atoms with Gasteiger partial charge in [0.05, 0.1) is 11.4 Å². The third kappa shape index (κ3) is 9.25. The summed E-state index contributed by atoms with van der Waals surface area (Å²) in [5.74, 6) is 0.372. The molecule has 0 spiro atoms. The van der Waals surface area contributed by atoms with Crippen LogP contribution in [0.25, 0.3) is 0 Å². The van der Waals surface area contributed by atoms with Crippen molar-refractivity contribution in [3.05, 3.63) is 58.1 Å². The van der Waals surface area contributed by atoms with Gasteiger partial charge < -0.3 is 21.1 Å². The van der Waals surface area contributed by atoms with Gasteiger partial charge >= 0.3 is 0 Å². The Balaban J connectivity index is 0.000000305. The van der Waals surface area contributed by atoms with E-state index in [1.165, 1.54) is 12.5 Å². The van der Waals surface area contributed by atoms with Gasteiger partial charge in [0.2, 0.25) is 17.8 Å². The number of aliphatic imine (C=N–C) groups is 1. The van der Waals surface area contributed by atoms with Crippen LogP contribution in [0.4, 0.5) is 0 Å². The molecule has 3 rings (SSSR count). The fourth-order valence-corrected chi connectivity index (χ4v) is 5.88. The van der Waals surface area contributed by atoms with E-state index in [0.717, 1.165) is 35.3 Å². The van der Waals surface area contributed by atoms with Gasteiger partial charge in [0, 0.05) is 32.0 Å². The molecule has 2 amide bonds. The van der Waals surface area contributed by atoms with E-state index in [4.69, 9.17) is 10.5 Å². The van der Waals surface area contributed by atoms with Crippen LogP contribution in [0.15, 0.2) is 40.2 Å². The summed E-state index contributed by atoms with van der Waals surface area (Å²) in [6, 6.07) is 9.92. The SMILES string of the molecule is CC(=O)NCC(=O)NCCc1ccccc1.CCCN=C(N)NS(=O)(=O)c1c(C)c(C)c2c(c1C)CC(C)(C)O2. The standard InChI is InChI=1S/C17H27N3O3S.C12H16N2O2/c1-7-8-19-16(18)20-24(21,22)15-11(3)10(2)14-13(12(15)4)9-17(5,6)23-14;1-10(15)14-9-12(16)13-8-7-11-5-3-2-4-6-11/h7-9H2,1-6H3,(H3,18,19,20);2-6H,7-9H2,1H3,(H,13,16)(H,14,15). The van der Waals surface area contributed by atoms with Crippen molar-refractivity contribution in [2.45, 2.75) is 78.2 Å². The van der Waals surface area contributed by atoms with Gasteiger partial charge in [0.15, 0.2) is 0 Å². The van der Waals surface area contributed by atoms with Gasteiger partial charge in [0.1, 0.15) is 11.4 Å². The van der Waals surface area contributed by atoms with E-state index in [1.807, 2.05) is 65.0 Å². The topological polar surface area (TPSA) is 152 Å². The number of amides is 2. The predicted octanol–water partition coefficient (Wildman–Crippen LogP) is 2.81. The number of nitrogens with zero attached hydrogens (tertiary/aromatic N) is 1. The molecule has 1 aliphatic rings. The monoisotopic (exact) mass is 573 g/mol. The molecule has 0 unspecified atom stereocenters. The van der Waals surface area contributed by atoms with Crippen LogP contribution in [0.3, 0.4) is 0 Å². The van der Waals surface area contributed by atoms with Gasteiger partial charge in [-0.05, 0) is 69.7 Å². The molecule has 0 bridgehead atoms. The van der Waals surface area contributed by atoms with Crippen LogP contribution in [-0.4, -0.2) is 51.4 Å². The summed E-state index contributed by atoms with van der Waals surface area (Å²) in [4.78, 5) is 26.0. The number of rotatable bonds is 9. The summed E-state index contributed by atoms with van der Waals surface area (Å²) >= 11 is 0. The van der Waals surface area contributed by atoms with E-state index >= 15 is 0 Å². The number of sulfonamides is 1. The number of nitrogens with two attached hydrogens (primary N) is 1. The predicted molar refractivity (Wildman–Crippen MR) is 158 cm³/mol. The summed E-state index contributed by atoms with van der Waals surface area (Å²) in [5, 5.41) is 5.18. The fraction of sp³-hybridized carbons (Fsp3) is 0.483. The zero-order chi connectivity index (χ0) is 30.1. The lowest BCUT2D eigenvalue weighted by Gasteiger charge is -2.19. The highest BCUT2D eigenvalue weighted by Gasteiger charge is 2.36. The van der Waals surface area contributed by atoms with Crippen molar-refractivity contribution in [1.82, 2.24) is 15.4 Å². The number of ether oxygens (including phenoxy) is 1. The zero-order valence-electron chi connectivity index (χ0n) is 24.6. The Hall–Kier alpha value is -3.60. The van der Waals surface area contributed by atoms with Gasteiger partial charge in [-0.1, -0.05) is 37.3 Å². The summed E-state index contributed by atoms with van der Waals surface area (Å²) in [5.41, 5.74) is 9.76. The molecule has 11 heteroatoms. The Morgan fingerprint density at radius 3 is 2.30 bits per heavy atom. The molecule has 40 heavy (non-hydrogen) atoms. The summed E-state index contributed by atoms with van der Waals surface area (Å²) in [6.45, 7) is 14.0. The number of benzene rings is 2. The number of carbonyl (C=O) groups excluding carboxylic acids is 2. The molecule has 2 aromatic carbocycles. The lowest BCUT2D eigenvalue weighted by Crippen LogP contribution is -2.37. The quantitative estimate of drug-likeness (QED) is 0.267. The number of carbonyl (C=O) groups is 2. The molecule has 0 saturated heterocycles. The van der Waals surface area contributed by atoms with Crippen molar-refractivity contribution in [1.29, 1.82) is 0 Å². The third-order valence-corrected chi connectivity index (χ3v) is 8.01. The average Bonchev–Trinajstić information content (AvgIpc) is 3.21. The van der Waals surface area contributed by atoms with E-state index in [2.05, 4.69) is 20.3 Å². The molecule has 10 nitrogen and oxygen atoms in total.